The monoisotopic (exact) mass is 241 g/mol. The van der Waals surface area contributed by atoms with Gasteiger partial charge in [0.05, 0.1) is 0 Å². The van der Waals surface area contributed by atoms with Crippen LogP contribution in [0.4, 0.5) is 0 Å². The van der Waals surface area contributed by atoms with Crippen molar-refractivity contribution in [3.8, 4) is 0 Å². The number of nitrogens with one attached hydrogen (secondary N) is 1. The average molecular weight is 242 g/mol. The highest BCUT2D eigenvalue weighted by Gasteiger charge is 2.18. The lowest BCUT2D eigenvalue weighted by Crippen LogP contribution is -2.15. The van der Waals surface area contributed by atoms with Crippen LogP contribution in [-0.4, -0.2) is 12.6 Å². The molecule has 0 bridgehead atoms. The first-order chi connectivity index (χ1) is 6.34. The minimum atomic E-state index is 0.771. The number of halogens is 1. The molecule has 1 aromatic rings. The minimum absolute atomic E-state index is 0.771. The quantitative estimate of drug-likeness (QED) is 0.878. The molecule has 0 saturated heterocycles. The first-order valence-corrected chi connectivity index (χ1v) is 5.29. The summed E-state index contributed by atoms with van der Waals surface area (Å²) in [5, 5.41) is 3.39. The highest BCUT2D eigenvalue weighted by Crippen LogP contribution is 2.18. The SMILES string of the molecule is Brc1ccc(C=CCNC2CC2)o1. The van der Waals surface area contributed by atoms with Gasteiger partial charge in [-0.1, -0.05) is 6.08 Å². The molecule has 1 aromatic heterocycles. The van der Waals surface area contributed by atoms with Crippen molar-refractivity contribution in [3.05, 3.63) is 28.6 Å². The first kappa shape index (κ1) is 9.03. The molecule has 1 fully saturated rings. The van der Waals surface area contributed by atoms with Crippen LogP contribution in [0.2, 0.25) is 0 Å². The maximum Gasteiger partial charge on any atom is 0.169 e. The summed E-state index contributed by atoms with van der Waals surface area (Å²) in [5.41, 5.74) is 0. The van der Waals surface area contributed by atoms with Crippen LogP contribution in [0, 0.1) is 0 Å². The van der Waals surface area contributed by atoms with E-state index in [0.717, 1.165) is 23.0 Å². The molecule has 1 heterocycles. The van der Waals surface area contributed by atoms with Gasteiger partial charge in [0.2, 0.25) is 0 Å². The fraction of sp³-hybridized carbons (Fsp3) is 0.400. The smallest absolute Gasteiger partial charge is 0.169 e. The molecule has 1 aliphatic carbocycles. The normalized spacial score (nSPS) is 17.0. The Hall–Kier alpha value is -0.540. The van der Waals surface area contributed by atoms with Crippen LogP contribution in [-0.2, 0) is 0 Å². The van der Waals surface area contributed by atoms with Gasteiger partial charge in [0.15, 0.2) is 4.67 Å². The molecule has 2 rings (SSSR count). The Kier molecular flexibility index (Phi) is 2.86. The van der Waals surface area contributed by atoms with Crippen LogP contribution in [0.25, 0.3) is 6.08 Å². The van der Waals surface area contributed by atoms with Crippen LogP contribution in [0.5, 0.6) is 0 Å². The number of rotatable bonds is 4. The molecule has 13 heavy (non-hydrogen) atoms. The van der Waals surface area contributed by atoms with Crippen molar-refractivity contribution in [1.29, 1.82) is 0 Å². The summed E-state index contributed by atoms with van der Waals surface area (Å²) in [6.07, 6.45) is 6.74. The lowest BCUT2D eigenvalue weighted by atomic mass is 10.4. The van der Waals surface area contributed by atoms with Crippen molar-refractivity contribution < 1.29 is 4.42 Å². The molecule has 0 aliphatic heterocycles. The van der Waals surface area contributed by atoms with Gasteiger partial charge in [-0.15, -0.1) is 0 Å². The van der Waals surface area contributed by atoms with Gasteiger partial charge >= 0.3 is 0 Å². The molecular weight excluding hydrogens is 230 g/mol. The summed E-state index contributed by atoms with van der Waals surface area (Å²) in [6, 6.07) is 4.61. The van der Waals surface area contributed by atoms with E-state index >= 15 is 0 Å². The molecule has 1 aliphatic rings. The van der Waals surface area contributed by atoms with Gasteiger partial charge in [0, 0.05) is 12.6 Å². The number of furan rings is 1. The zero-order valence-corrected chi connectivity index (χ0v) is 8.88. The van der Waals surface area contributed by atoms with Gasteiger partial charge < -0.3 is 9.73 Å². The Morgan fingerprint density at radius 2 is 2.38 bits per heavy atom. The summed E-state index contributed by atoms with van der Waals surface area (Å²) < 4.78 is 6.09. The van der Waals surface area contributed by atoms with E-state index in [2.05, 4.69) is 27.3 Å². The van der Waals surface area contributed by atoms with Crippen molar-refractivity contribution in [1.82, 2.24) is 5.32 Å². The molecular formula is C10H12BrNO. The van der Waals surface area contributed by atoms with Crippen LogP contribution in [0.1, 0.15) is 18.6 Å². The molecule has 70 valence electrons. The maximum absolute atomic E-state index is 5.31. The molecule has 0 atom stereocenters. The van der Waals surface area contributed by atoms with Crippen LogP contribution in [0.3, 0.4) is 0 Å². The van der Waals surface area contributed by atoms with Gasteiger partial charge in [0.1, 0.15) is 5.76 Å². The van der Waals surface area contributed by atoms with Gasteiger partial charge in [-0.25, -0.2) is 0 Å². The van der Waals surface area contributed by atoms with Gasteiger partial charge in [-0.3, -0.25) is 0 Å². The minimum Gasteiger partial charge on any atom is -0.450 e. The predicted octanol–water partition coefficient (Wildman–Crippen LogP) is 2.81. The molecule has 0 spiro atoms. The zero-order valence-electron chi connectivity index (χ0n) is 7.29. The molecule has 0 aromatic carbocycles. The summed E-state index contributed by atoms with van der Waals surface area (Å²) in [4.78, 5) is 0. The van der Waals surface area contributed by atoms with E-state index in [4.69, 9.17) is 4.42 Å². The number of hydrogen-bond donors (Lipinski definition) is 1. The average Bonchev–Trinajstić information content (AvgIpc) is 2.84. The van der Waals surface area contributed by atoms with E-state index in [1.54, 1.807) is 0 Å². The molecule has 0 unspecified atom stereocenters. The van der Waals surface area contributed by atoms with E-state index < -0.39 is 0 Å². The lowest BCUT2D eigenvalue weighted by molar-refractivity contribution is 0.531. The van der Waals surface area contributed by atoms with Gasteiger partial charge in [-0.2, -0.15) is 0 Å². The second kappa shape index (κ2) is 4.11. The first-order valence-electron chi connectivity index (χ1n) is 4.50. The third kappa shape index (κ3) is 3.01. The van der Waals surface area contributed by atoms with E-state index in [9.17, 15) is 0 Å². The number of hydrogen-bond acceptors (Lipinski definition) is 2. The standard InChI is InChI=1S/C10H12BrNO/c11-10-6-5-9(13-10)2-1-7-12-8-3-4-8/h1-2,5-6,8,12H,3-4,7H2. The fourth-order valence-electron chi connectivity index (χ4n) is 1.12. The Labute approximate surface area is 86.1 Å². The molecule has 1 saturated carbocycles. The molecule has 3 heteroatoms. The second-order valence-electron chi connectivity index (χ2n) is 3.23. The Morgan fingerprint density at radius 3 is 3.00 bits per heavy atom. The molecule has 0 radical (unpaired) electrons. The van der Waals surface area contributed by atoms with E-state index in [1.807, 2.05) is 18.2 Å². The second-order valence-corrected chi connectivity index (χ2v) is 4.01. The van der Waals surface area contributed by atoms with Crippen molar-refractivity contribution in [2.24, 2.45) is 0 Å². The largest absolute Gasteiger partial charge is 0.450 e. The Bertz CT molecular complexity index is 302. The van der Waals surface area contributed by atoms with Crippen LogP contribution in [0.15, 0.2) is 27.3 Å². The van der Waals surface area contributed by atoms with Crippen molar-refractivity contribution in [3.63, 3.8) is 0 Å². The molecule has 2 nitrogen and oxygen atoms in total. The van der Waals surface area contributed by atoms with Crippen LogP contribution >= 0.6 is 15.9 Å². The third-order valence-corrected chi connectivity index (χ3v) is 2.40. The third-order valence-electron chi connectivity index (χ3n) is 1.98. The summed E-state index contributed by atoms with van der Waals surface area (Å²) >= 11 is 3.26. The summed E-state index contributed by atoms with van der Waals surface area (Å²) in [7, 11) is 0. The summed E-state index contributed by atoms with van der Waals surface area (Å²) in [6.45, 7) is 0.934. The van der Waals surface area contributed by atoms with E-state index in [1.165, 1.54) is 12.8 Å². The fourth-order valence-corrected chi connectivity index (χ4v) is 1.43. The Morgan fingerprint density at radius 1 is 1.54 bits per heavy atom. The molecule has 0 amide bonds. The van der Waals surface area contributed by atoms with Gasteiger partial charge in [-0.05, 0) is 47.0 Å². The van der Waals surface area contributed by atoms with Gasteiger partial charge in [0.25, 0.3) is 0 Å². The van der Waals surface area contributed by atoms with E-state index in [-0.39, 0.29) is 0 Å². The lowest BCUT2D eigenvalue weighted by Gasteiger charge is -1.93. The van der Waals surface area contributed by atoms with Crippen molar-refractivity contribution in [2.45, 2.75) is 18.9 Å². The van der Waals surface area contributed by atoms with Crippen molar-refractivity contribution >= 4 is 22.0 Å². The zero-order chi connectivity index (χ0) is 9.10. The Balaban J connectivity index is 1.75. The molecule has 1 N–H and O–H groups in total. The maximum atomic E-state index is 5.31. The van der Waals surface area contributed by atoms with Crippen molar-refractivity contribution in [2.75, 3.05) is 6.54 Å². The van der Waals surface area contributed by atoms with Crippen LogP contribution < -0.4 is 5.32 Å². The van der Waals surface area contributed by atoms with E-state index in [0.29, 0.717) is 0 Å². The highest BCUT2D eigenvalue weighted by molar-refractivity contribution is 9.10. The highest BCUT2D eigenvalue weighted by atomic mass is 79.9. The predicted molar refractivity (Wildman–Crippen MR) is 56.5 cm³/mol. The topological polar surface area (TPSA) is 25.2 Å². The summed E-state index contributed by atoms with van der Waals surface area (Å²) in [5.74, 6) is 0.893.